The van der Waals surface area contributed by atoms with Gasteiger partial charge in [-0.15, -0.1) is 32.0 Å². The molecule has 124 heavy (non-hydrogen) atoms. The van der Waals surface area contributed by atoms with Crippen LogP contribution in [0.1, 0.15) is 106 Å². The molecule has 3 unspecified atom stereocenters. The van der Waals surface area contributed by atoms with Crippen LogP contribution in [0.25, 0.3) is 73.0 Å². The van der Waals surface area contributed by atoms with E-state index in [0.717, 1.165) is 95.7 Å². The molecule has 0 radical (unpaired) electrons. The fourth-order valence-electron chi connectivity index (χ4n) is 13.9. The number of nitrogens with one attached hydrogen (secondary N) is 5. The van der Waals surface area contributed by atoms with E-state index in [0.29, 0.717) is 86.1 Å². The Kier molecular flexibility index (Phi) is 28.0. The molecule has 17 rings (SSSR count). The average Bonchev–Trinajstić information content (AvgIpc) is 1.68. The summed E-state index contributed by atoms with van der Waals surface area (Å²) in [4.78, 5) is 63.4. The van der Waals surface area contributed by atoms with E-state index >= 15 is 0 Å². The van der Waals surface area contributed by atoms with Gasteiger partial charge in [0.05, 0.1) is 65.7 Å². The minimum absolute atomic E-state index is 0. The zero-order valence-electron chi connectivity index (χ0n) is 64.5. The van der Waals surface area contributed by atoms with Crippen molar-refractivity contribution < 1.29 is 76.3 Å². The number of alkyl halides is 2. The lowest BCUT2D eigenvalue weighted by Gasteiger charge is -2.18. The number of aromatic amines is 4. The van der Waals surface area contributed by atoms with E-state index < -0.39 is 42.0 Å². The Bertz CT molecular complexity index is 6230. The van der Waals surface area contributed by atoms with Crippen molar-refractivity contribution in [3.05, 3.63) is 365 Å². The van der Waals surface area contributed by atoms with Crippen LogP contribution >= 0.6 is 57.5 Å². The SMILES string of the molecule is COC(=O)Nc1ccc(C2=CCC(C(Cc3ccc(F)cc3)c3ccc(-c4cc(Cl)ccc4C(F)F)c[n+]3[O-])=N2)cc1.O=C(O)c1scc(-c2cnc(C(Cc3ccccc3)c3ccc(-c4cc(Cl)ccc4-[n+]4cnn[nH]4)cn3)[nH]2)c1F.O=C(O)c1scc(-c2cnc(C(Cc3ccccc3)c3ccc(-c4cc(Cl)ccc4-[n+]4cnn[nH]4)cn3)[nH]2)c1F.[OH-].[OH-]. The number of ether oxygens (including phenoxy) is 1. The third-order valence-electron chi connectivity index (χ3n) is 19.9. The summed E-state index contributed by atoms with van der Waals surface area (Å²) in [6, 6.07) is 59.0. The summed E-state index contributed by atoms with van der Waals surface area (Å²) in [6.45, 7) is 0. The number of carboxylic acid groups (broad SMARTS) is 2. The van der Waals surface area contributed by atoms with E-state index in [1.165, 1.54) is 66.8 Å². The molecular weight excluding hydrogens is 1700 g/mol. The molecule has 0 bridgehead atoms. The number of thiophene rings is 2. The number of methoxy groups -OCH3 is 1. The standard InChI is InChI=1S/C32H25ClF3N3O3.2C28H19ClFN7O2S.2H2O/c1-42-32(40)37-24-10-4-20(5-11-24)28-13-14-29(38-28)27(16-19-2-8-23(34)9-3-19)30-15-6-21(18-39(30)41)26-17-22(33)7-12-25(26)31(35)36;2*29-18-7-9-24(37-15-33-35-36-37)19(11-18)17-6-8-22(31-12-17)20(10-16-4-2-1-3-5-16)27-32-13-23(34-27)21-14-40-26(25(21)30)28(38)39;;/h2-13,15,17-18,27,31H,14,16H2,1H3,(H,37,40);2*1-9,11-15,20H,10H2,(H2,32,34,38,39);2*1H2. The number of carbonyl (C=O) groups is 3. The van der Waals surface area contributed by atoms with Crippen LogP contribution in [0.15, 0.2) is 266 Å². The third kappa shape index (κ3) is 20.2. The van der Waals surface area contributed by atoms with Crippen LogP contribution in [-0.2, 0) is 24.0 Å². The number of allylic oxidation sites excluding steroid dienone is 1. The van der Waals surface area contributed by atoms with Crippen LogP contribution < -0.4 is 19.4 Å². The largest absolute Gasteiger partial charge is 0.870 e. The summed E-state index contributed by atoms with van der Waals surface area (Å²) in [5, 5.41) is 59.8. The molecule has 9 aromatic heterocycles. The number of halogens is 8. The molecule has 626 valence electrons. The van der Waals surface area contributed by atoms with Gasteiger partial charge in [0.25, 0.3) is 19.1 Å². The van der Waals surface area contributed by atoms with Gasteiger partial charge in [-0.05, 0) is 138 Å². The lowest BCUT2D eigenvalue weighted by atomic mass is 9.89. The smallest absolute Gasteiger partial charge is 0.411 e. The molecule has 0 saturated heterocycles. The number of hydrogen-bond acceptors (Lipinski definition) is 18. The number of carbonyl (C=O) groups excluding carboxylic acids is 1. The van der Waals surface area contributed by atoms with Gasteiger partial charge in [-0.3, -0.25) is 20.3 Å². The van der Waals surface area contributed by atoms with E-state index in [1.807, 2.05) is 127 Å². The molecule has 3 atom stereocenters. The molecule has 0 fully saturated rings. The first-order valence-electron chi connectivity index (χ1n) is 37.2. The van der Waals surface area contributed by atoms with E-state index in [2.05, 4.69) is 61.0 Å². The molecule has 0 aliphatic carbocycles. The summed E-state index contributed by atoms with van der Waals surface area (Å²) in [7, 11) is 1.28. The number of amides is 1. The number of aliphatic imine (C=N–C) groups is 1. The topological polar surface area (TPSA) is 386 Å². The predicted octanol–water partition coefficient (Wildman–Crippen LogP) is 18.7. The molecule has 16 aromatic rings. The molecular formula is C88H67Cl3F5N17O9S2. The van der Waals surface area contributed by atoms with Gasteiger partial charge in [-0.1, -0.05) is 154 Å². The van der Waals surface area contributed by atoms with Crippen molar-refractivity contribution in [2.75, 3.05) is 12.4 Å². The molecule has 36 heteroatoms. The lowest BCUT2D eigenvalue weighted by Crippen LogP contribution is -2.36. The molecule has 0 spiro atoms. The second-order valence-corrected chi connectivity index (χ2v) is 30.7. The van der Waals surface area contributed by atoms with Crippen LogP contribution in [-0.4, -0.2) is 113 Å². The van der Waals surface area contributed by atoms with Gasteiger partial charge in [-0.2, -0.15) is 4.73 Å². The van der Waals surface area contributed by atoms with Crippen molar-refractivity contribution in [1.82, 2.24) is 61.0 Å². The van der Waals surface area contributed by atoms with Crippen molar-refractivity contribution in [2.24, 2.45) is 4.99 Å². The Morgan fingerprint density at radius 1 is 0.540 bits per heavy atom. The molecule has 1 amide bonds. The van der Waals surface area contributed by atoms with Crippen molar-refractivity contribution in [1.29, 1.82) is 0 Å². The van der Waals surface area contributed by atoms with Gasteiger partial charge in [-0.25, -0.2) is 46.3 Å². The summed E-state index contributed by atoms with van der Waals surface area (Å²) >= 11 is 20.4. The van der Waals surface area contributed by atoms with Gasteiger partial charge in [0.1, 0.15) is 48.8 Å². The van der Waals surface area contributed by atoms with Crippen LogP contribution in [0.2, 0.25) is 15.1 Å². The number of carboxylic acids is 2. The first-order valence-corrected chi connectivity index (χ1v) is 40.1. The van der Waals surface area contributed by atoms with Crippen molar-refractivity contribution in [2.45, 2.75) is 49.9 Å². The molecule has 1 aliphatic heterocycles. The molecule has 9 N–H and O–H groups in total. The number of imidazole rings is 2. The number of H-pyrrole nitrogens is 4. The normalized spacial score (nSPS) is 12.3. The van der Waals surface area contributed by atoms with Gasteiger partial charge in [0.2, 0.25) is 5.69 Å². The zero-order chi connectivity index (χ0) is 85.1. The van der Waals surface area contributed by atoms with Gasteiger partial charge >= 0.3 is 18.0 Å². The van der Waals surface area contributed by atoms with Gasteiger partial charge in [0.15, 0.2) is 28.3 Å². The molecule has 26 nitrogen and oxygen atoms in total. The summed E-state index contributed by atoms with van der Waals surface area (Å²) < 4.78 is 79.2. The van der Waals surface area contributed by atoms with Crippen LogP contribution in [0.4, 0.5) is 32.4 Å². The Morgan fingerprint density at radius 2 is 1.01 bits per heavy atom. The van der Waals surface area contributed by atoms with Crippen molar-refractivity contribution >= 4 is 92.6 Å². The number of aromatic carboxylic acids is 2. The van der Waals surface area contributed by atoms with E-state index in [4.69, 9.17) is 49.8 Å². The maximum atomic E-state index is 14.8. The number of nitrogens with zero attached hydrogens (tertiary/aromatic N) is 12. The van der Waals surface area contributed by atoms with Crippen LogP contribution in [0, 0.1) is 22.7 Å². The lowest BCUT2D eigenvalue weighted by molar-refractivity contribution is -0.660. The number of aromatic nitrogens is 15. The number of tetrazole rings is 2. The van der Waals surface area contributed by atoms with Crippen molar-refractivity contribution in [3.63, 3.8) is 0 Å². The number of pyridine rings is 3. The molecule has 0 saturated carbocycles. The number of hydrogen-bond donors (Lipinski definition) is 7. The van der Waals surface area contributed by atoms with Gasteiger partial charge < -0.3 is 41.1 Å². The highest BCUT2D eigenvalue weighted by atomic mass is 35.5. The molecule has 10 heterocycles. The quantitative estimate of drug-likeness (QED) is 0.0168. The second kappa shape index (κ2) is 39.6. The van der Waals surface area contributed by atoms with Crippen molar-refractivity contribution in [3.8, 4) is 67.3 Å². The third-order valence-corrected chi connectivity index (χ3v) is 22.5. The minimum atomic E-state index is -2.74. The van der Waals surface area contributed by atoms with Gasteiger partial charge in [0, 0.05) is 107 Å². The highest BCUT2D eigenvalue weighted by Gasteiger charge is 2.32. The fourth-order valence-corrected chi connectivity index (χ4v) is 16.0. The van der Waals surface area contributed by atoms with E-state index in [-0.39, 0.29) is 65.6 Å². The minimum Gasteiger partial charge on any atom is -0.870 e. The number of anilines is 1. The zero-order valence-corrected chi connectivity index (χ0v) is 68.4. The second-order valence-electron chi connectivity index (χ2n) is 27.6. The monoisotopic (exact) mass is 1770 g/mol. The predicted molar refractivity (Wildman–Crippen MR) is 454 cm³/mol. The fraction of sp³-hybridized carbons (Fsp3) is 0.102. The Morgan fingerprint density at radius 3 is 1.45 bits per heavy atom. The summed E-state index contributed by atoms with van der Waals surface area (Å²) in [5.41, 5.74) is 14.0. The highest BCUT2D eigenvalue weighted by molar-refractivity contribution is 7.12. The molecule has 1 aliphatic rings. The van der Waals surface area contributed by atoms with E-state index in [9.17, 15) is 51.8 Å². The molecule has 7 aromatic carbocycles. The van der Waals surface area contributed by atoms with Crippen LogP contribution in [0.3, 0.4) is 0 Å². The van der Waals surface area contributed by atoms with Crippen LogP contribution in [0.5, 0.6) is 0 Å². The Hall–Kier alpha value is -14.2. The highest BCUT2D eigenvalue weighted by Crippen LogP contribution is 2.40. The Balaban J connectivity index is 0.000000159. The number of rotatable bonds is 24. The maximum Gasteiger partial charge on any atom is 0.411 e. The summed E-state index contributed by atoms with van der Waals surface area (Å²) in [6.07, 6.45) is 11.6. The average molecular weight is 1770 g/mol. The Labute approximate surface area is 724 Å². The first kappa shape index (κ1) is 87.6. The number of benzene rings is 7. The maximum absolute atomic E-state index is 14.8. The first-order chi connectivity index (χ1) is 59.2. The summed E-state index contributed by atoms with van der Waals surface area (Å²) in [5.74, 6) is -4.41. The van der Waals surface area contributed by atoms with E-state index in [1.54, 1.807) is 82.9 Å².